The highest BCUT2D eigenvalue weighted by Crippen LogP contribution is 2.26. The number of benzene rings is 2. The number of aromatic nitrogens is 3. The molecule has 0 radical (unpaired) electrons. The number of rotatable bonds is 6. The predicted octanol–water partition coefficient (Wildman–Crippen LogP) is 5.97. The number of nitrogens with zero attached hydrogens (tertiary/aromatic N) is 2. The van der Waals surface area contributed by atoms with Gasteiger partial charge in [0.2, 0.25) is 0 Å². The number of ketones is 1. The molecule has 0 atom stereocenters. The minimum atomic E-state index is -0.617. The molecule has 7 nitrogen and oxygen atoms in total. The highest BCUT2D eigenvalue weighted by Gasteiger charge is 2.16. The van der Waals surface area contributed by atoms with E-state index in [1.165, 1.54) is 0 Å². The Morgan fingerprint density at radius 3 is 2.46 bits per heavy atom. The van der Waals surface area contributed by atoms with Crippen LogP contribution in [-0.2, 0) is 6.67 Å². The van der Waals surface area contributed by atoms with Crippen LogP contribution < -0.4 is 10.6 Å². The minimum Gasteiger partial charge on any atom is -0.345 e. The lowest BCUT2D eigenvalue weighted by Crippen LogP contribution is -2.19. The summed E-state index contributed by atoms with van der Waals surface area (Å²) in [5, 5.41) is 6.08. The Morgan fingerprint density at radius 2 is 1.69 bits per heavy atom. The molecule has 35 heavy (non-hydrogen) atoms. The Hall–Kier alpha value is -4.85. The highest BCUT2D eigenvalue weighted by molar-refractivity contribution is 6.16. The number of aromatic amines is 1. The van der Waals surface area contributed by atoms with Gasteiger partial charge in [-0.3, -0.25) is 9.78 Å². The number of carbonyl (C=O) groups is 2. The molecule has 0 aliphatic rings. The number of fused-ring (bicyclic) bond motifs is 1. The monoisotopic (exact) mass is 465 g/mol. The maximum Gasteiger partial charge on any atom is 0.323 e. The maximum absolute atomic E-state index is 13.3. The standard InChI is InChI=1S/C27H20FN5O2/c28-13-17-4-1-7-21(10-17)32-27(35)33-22-8-2-5-18(11-22)25(34)24-16-31-26-23(24)12-20(15-30-26)19-6-3-9-29-14-19/h1-12,14-16H,13H2,(H,30,31)(H2,32,33,35). The van der Waals surface area contributed by atoms with E-state index in [0.29, 0.717) is 39.1 Å². The molecule has 3 aromatic heterocycles. The van der Waals surface area contributed by atoms with Crippen LogP contribution in [0, 0.1) is 0 Å². The molecule has 0 aliphatic heterocycles. The van der Waals surface area contributed by atoms with Gasteiger partial charge in [0.1, 0.15) is 12.3 Å². The molecule has 5 rings (SSSR count). The van der Waals surface area contributed by atoms with Crippen LogP contribution in [0.5, 0.6) is 0 Å². The fraction of sp³-hybridized carbons (Fsp3) is 0.0370. The number of H-pyrrole nitrogens is 1. The van der Waals surface area contributed by atoms with Crippen LogP contribution in [0.1, 0.15) is 21.5 Å². The van der Waals surface area contributed by atoms with Crippen molar-refractivity contribution in [3.05, 3.63) is 108 Å². The zero-order chi connectivity index (χ0) is 24.2. The van der Waals surface area contributed by atoms with Crippen molar-refractivity contribution in [1.82, 2.24) is 15.0 Å². The van der Waals surface area contributed by atoms with E-state index < -0.39 is 12.7 Å². The Balaban J connectivity index is 1.37. The Morgan fingerprint density at radius 1 is 0.886 bits per heavy atom. The summed E-state index contributed by atoms with van der Waals surface area (Å²) in [6.07, 6.45) is 6.81. The molecule has 0 bridgehead atoms. The predicted molar refractivity (Wildman–Crippen MR) is 133 cm³/mol. The second-order valence-electron chi connectivity index (χ2n) is 7.89. The number of halogens is 1. The first kappa shape index (κ1) is 22.0. The zero-order valence-corrected chi connectivity index (χ0v) is 18.5. The summed E-state index contributed by atoms with van der Waals surface area (Å²) >= 11 is 0. The number of alkyl halides is 1. The first-order valence-corrected chi connectivity index (χ1v) is 10.9. The Labute approximate surface area is 200 Å². The van der Waals surface area contributed by atoms with Gasteiger partial charge in [-0.1, -0.05) is 30.3 Å². The van der Waals surface area contributed by atoms with Crippen molar-refractivity contribution in [3.63, 3.8) is 0 Å². The van der Waals surface area contributed by atoms with Crippen LogP contribution in [-0.4, -0.2) is 26.8 Å². The number of urea groups is 1. The highest BCUT2D eigenvalue weighted by atomic mass is 19.1. The lowest BCUT2D eigenvalue weighted by atomic mass is 10.0. The lowest BCUT2D eigenvalue weighted by molar-refractivity contribution is 0.104. The third-order valence-corrected chi connectivity index (χ3v) is 5.49. The summed E-state index contributed by atoms with van der Waals surface area (Å²) in [6.45, 7) is -0.617. The van der Waals surface area contributed by atoms with Crippen molar-refractivity contribution in [2.24, 2.45) is 0 Å². The van der Waals surface area contributed by atoms with E-state index in [1.807, 2.05) is 18.2 Å². The van der Waals surface area contributed by atoms with Gasteiger partial charge in [0.05, 0.1) is 0 Å². The molecule has 8 heteroatoms. The molecule has 5 aromatic rings. The largest absolute Gasteiger partial charge is 0.345 e. The van der Waals surface area contributed by atoms with Gasteiger partial charge in [0.25, 0.3) is 0 Å². The van der Waals surface area contributed by atoms with Crippen molar-refractivity contribution in [2.45, 2.75) is 6.67 Å². The van der Waals surface area contributed by atoms with E-state index in [9.17, 15) is 14.0 Å². The summed E-state index contributed by atoms with van der Waals surface area (Å²) < 4.78 is 12.9. The zero-order valence-electron chi connectivity index (χ0n) is 18.5. The molecule has 0 unspecified atom stereocenters. The number of anilines is 2. The third kappa shape index (κ3) is 4.77. The topological polar surface area (TPSA) is 99.8 Å². The maximum atomic E-state index is 13.3. The van der Waals surface area contributed by atoms with Crippen LogP contribution in [0.25, 0.3) is 22.2 Å². The number of amides is 2. The molecule has 0 fully saturated rings. The SMILES string of the molecule is O=C(Nc1cccc(CF)c1)Nc1cccc(C(=O)c2c[nH]c3ncc(-c4cccnc4)cc23)c1. The van der Waals surface area contributed by atoms with Crippen molar-refractivity contribution < 1.29 is 14.0 Å². The van der Waals surface area contributed by atoms with E-state index in [2.05, 4.69) is 25.6 Å². The van der Waals surface area contributed by atoms with Crippen molar-refractivity contribution in [3.8, 4) is 11.1 Å². The summed E-state index contributed by atoms with van der Waals surface area (Å²) in [5.74, 6) is -0.207. The Kier molecular flexibility index (Phi) is 6.00. The average molecular weight is 465 g/mol. The second-order valence-corrected chi connectivity index (χ2v) is 7.89. The summed E-state index contributed by atoms with van der Waals surface area (Å²) in [6, 6.07) is 18.4. The van der Waals surface area contributed by atoms with Gasteiger partial charge >= 0.3 is 6.03 Å². The molecule has 3 heterocycles. The molecular weight excluding hydrogens is 445 g/mol. The van der Waals surface area contributed by atoms with E-state index in [0.717, 1.165) is 11.1 Å². The lowest BCUT2D eigenvalue weighted by Gasteiger charge is -2.09. The van der Waals surface area contributed by atoms with Crippen molar-refractivity contribution in [2.75, 3.05) is 10.6 Å². The second kappa shape index (κ2) is 9.56. The average Bonchev–Trinajstić information content (AvgIpc) is 3.32. The summed E-state index contributed by atoms with van der Waals surface area (Å²) in [7, 11) is 0. The molecule has 0 aliphatic carbocycles. The van der Waals surface area contributed by atoms with Crippen LogP contribution in [0.15, 0.2) is 91.5 Å². The summed E-state index contributed by atoms with van der Waals surface area (Å²) in [4.78, 5) is 37.4. The van der Waals surface area contributed by atoms with Gasteiger partial charge in [0.15, 0.2) is 5.78 Å². The van der Waals surface area contributed by atoms with Gasteiger partial charge in [-0.2, -0.15) is 0 Å². The number of pyridine rings is 2. The van der Waals surface area contributed by atoms with Crippen LogP contribution in [0.4, 0.5) is 20.6 Å². The molecular formula is C27H20FN5O2. The van der Waals surface area contributed by atoms with Gasteiger partial charge < -0.3 is 15.6 Å². The number of nitrogens with one attached hydrogen (secondary N) is 3. The van der Waals surface area contributed by atoms with Crippen LogP contribution >= 0.6 is 0 Å². The third-order valence-electron chi connectivity index (χ3n) is 5.49. The molecule has 0 saturated carbocycles. The fourth-order valence-electron chi connectivity index (χ4n) is 3.80. The number of carbonyl (C=O) groups excluding carboxylic acids is 2. The minimum absolute atomic E-state index is 0.207. The first-order valence-electron chi connectivity index (χ1n) is 10.9. The van der Waals surface area contributed by atoms with Crippen molar-refractivity contribution in [1.29, 1.82) is 0 Å². The van der Waals surface area contributed by atoms with Crippen molar-refractivity contribution >= 4 is 34.2 Å². The van der Waals surface area contributed by atoms with E-state index in [4.69, 9.17) is 0 Å². The molecule has 2 amide bonds. The van der Waals surface area contributed by atoms with Gasteiger partial charge in [-0.25, -0.2) is 14.2 Å². The fourth-order valence-corrected chi connectivity index (χ4v) is 3.80. The quantitative estimate of drug-likeness (QED) is 0.269. The molecule has 172 valence electrons. The van der Waals surface area contributed by atoms with Gasteiger partial charge in [-0.15, -0.1) is 0 Å². The van der Waals surface area contributed by atoms with E-state index >= 15 is 0 Å². The van der Waals surface area contributed by atoms with Crippen LogP contribution in [0.3, 0.4) is 0 Å². The Bertz CT molecular complexity index is 1530. The van der Waals surface area contributed by atoms with Crippen LogP contribution in [0.2, 0.25) is 0 Å². The van der Waals surface area contributed by atoms with E-state index in [-0.39, 0.29) is 5.78 Å². The van der Waals surface area contributed by atoms with E-state index in [1.54, 1.807) is 73.3 Å². The molecule has 3 N–H and O–H groups in total. The number of hydrogen-bond donors (Lipinski definition) is 3. The summed E-state index contributed by atoms with van der Waals surface area (Å²) in [5.41, 5.74) is 4.63. The molecule has 0 spiro atoms. The number of hydrogen-bond acceptors (Lipinski definition) is 4. The smallest absolute Gasteiger partial charge is 0.323 e. The molecule has 0 saturated heterocycles. The first-order chi connectivity index (χ1) is 17.1. The normalized spacial score (nSPS) is 10.8. The van der Waals surface area contributed by atoms with Gasteiger partial charge in [-0.05, 0) is 42.0 Å². The van der Waals surface area contributed by atoms with Gasteiger partial charge in [0, 0.05) is 63.8 Å². The molecule has 2 aromatic carbocycles.